The summed E-state index contributed by atoms with van der Waals surface area (Å²) in [7, 11) is 0. The number of hydrogen-bond acceptors (Lipinski definition) is 6. The first-order valence-corrected chi connectivity index (χ1v) is 9.12. The van der Waals surface area contributed by atoms with Crippen molar-refractivity contribution in [3.05, 3.63) is 63.0 Å². The van der Waals surface area contributed by atoms with Crippen molar-refractivity contribution in [2.45, 2.75) is 32.9 Å². The molecule has 0 saturated carbocycles. The molecule has 3 rings (SSSR count). The van der Waals surface area contributed by atoms with Crippen LogP contribution < -0.4 is 5.56 Å². The number of ether oxygens (including phenoxy) is 1. The number of carboxylic acid groups (broad SMARTS) is 1. The lowest BCUT2D eigenvalue weighted by atomic mass is 10.1. The molecule has 0 aliphatic carbocycles. The van der Waals surface area contributed by atoms with Crippen LogP contribution in [-0.4, -0.2) is 32.7 Å². The number of hydrogen-bond donors (Lipinski definition) is 1. The summed E-state index contributed by atoms with van der Waals surface area (Å²) in [6.07, 6.45) is 0.922. The van der Waals surface area contributed by atoms with Crippen LogP contribution in [0.5, 0.6) is 0 Å². The van der Waals surface area contributed by atoms with Gasteiger partial charge in [0.25, 0.3) is 5.56 Å². The standard InChI is InChI=1S/C19H18N2O5S/c1-10(2)26-19(25)15-11(3)13-16(27-15)20-9-21(17(13)22)14(18(23)24)12-7-5-4-6-8-12/h4-10,14H,1-3H3,(H,23,24). The maximum atomic E-state index is 13.0. The second-order valence-corrected chi connectivity index (χ2v) is 7.30. The smallest absolute Gasteiger partial charge is 0.348 e. The maximum absolute atomic E-state index is 13.0. The van der Waals surface area contributed by atoms with E-state index in [4.69, 9.17) is 4.74 Å². The van der Waals surface area contributed by atoms with Crippen LogP contribution in [0.15, 0.2) is 41.5 Å². The molecular formula is C19H18N2O5S. The monoisotopic (exact) mass is 386 g/mol. The molecule has 7 nitrogen and oxygen atoms in total. The van der Waals surface area contributed by atoms with E-state index in [-0.39, 0.29) is 11.5 Å². The minimum Gasteiger partial charge on any atom is -0.479 e. The number of carbonyl (C=O) groups is 2. The van der Waals surface area contributed by atoms with Crippen LogP contribution in [0.1, 0.15) is 40.7 Å². The molecule has 1 unspecified atom stereocenters. The molecule has 2 aromatic heterocycles. The number of aliphatic carboxylic acids is 1. The second kappa shape index (κ2) is 7.32. The van der Waals surface area contributed by atoms with Crippen LogP contribution >= 0.6 is 11.3 Å². The van der Waals surface area contributed by atoms with Gasteiger partial charge in [-0.2, -0.15) is 0 Å². The van der Waals surface area contributed by atoms with Crippen molar-refractivity contribution < 1.29 is 19.4 Å². The van der Waals surface area contributed by atoms with Gasteiger partial charge in [-0.05, 0) is 31.9 Å². The van der Waals surface area contributed by atoms with Crippen LogP contribution in [0.3, 0.4) is 0 Å². The van der Waals surface area contributed by atoms with Crippen molar-refractivity contribution in [2.75, 3.05) is 0 Å². The Bertz CT molecular complexity index is 1070. The highest BCUT2D eigenvalue weighted by molar-refractivity contribution is 7.20. The zero-order valence-electron chi connectivity index (χ0n) is 15.0. The Morgan fingerprint density at radius 2 is 1.89 bits per heavy atom. The van der Waals surface area contributed by atoms with Crippen molar-refractivity contribution in [3.63, 3.8) is 0 Å². The molecule has 0 saturated heterocycles. The van der Waals surface area contributed by atoms with Crippen LogP contribution in [0.4, 0.5) is 0 Å². The van der Waals surface area contributed by atoms with Gasteiger partial charge >= 0.3 is 11.9 Å². The molecule has 3 aromatic rings. The van der Waals surface area contributed by atoms with E-state index < -0.39 is 23.5 Å². The third kappa shape index (κ3) is 3.48. The van der Waals surface area contributed by atoms with Crippen molar-refractivity contribution in [1.29, 1.82) is 0 Å². The number of aryl methyl sites for hydroxylation is 1. The fourth-order valence-electron chi connectivity index (χ4n) is 2.84. The first-order chi connectivity index (χ1) is 12.8. The lowest BCUT2D eigenvalue weighted by molar-refractivity contribution is -0.139. The number of nitrogens with zero attached hydrogens (tertiary/aromatic N) is 2. The van der Waals surface area contributed by atoms with Crippen molar-refractivity contribution in [1.82, 2.24) is 9.55 Å². The number of aromatic nitrogens is 2. The zero-order chi connectivity index (χ0) is 19.7. The highest BCUT2D eigenvalue weighted by Crippen LogP contribution is 2.28. The normalized spacial score (nSPS) is 12.3. The summed E-state index contributed by atoms with van der Waals surface area (Å²) in [5.74, 6) is -1.69. The Kier molecular flexibility index (Phi) is 5.09. The van der Waals surface area contributed by atoms with Crippen molar-refractivity contribution >= 4 is 33.5 Å². The third-order valence-corrected chi connectivity index (χ3v) is 5.21. The van der Waals surface area contributed by atoms with Gasteiger partial charge in [0.1, 0.15) is 16.0 Å². The fourth-order valence-corrected chi connectivity index (χ4v) is 3.86. The van der Waals surface area contributed by atoms with Crippen molar-refractivity contribution in [3.8, 4) is 0 Å². The zero-order valence-corrected chi connectivity index (χ0v) is 15.8. The Labute approximate surface area is 158 Å². The number of carbonyl (C=O) groups excluding carboxylic acids is 1. The molecular weight excluding hydrogens is 368 g/mol. The Morgan fingerprint density at radius 1 is 1.22 bits per heavy atom. The molecule has 0 aliphatic heterocycles. The van der Waals surface area contributed by atoms with Gasteiger partial charge in [-0.15, -0.1) is 11.3 Å². The van der Waals surface area contributed by atoms with E-state index in [9.17, 15) is 19.5 Å². The van der Waals surface area contributed by atoms with Gasteiger partial charge in [0, 0.05) is 0 Å². The lowest BCUT2D eigenvalue weighted by Crippen LogP contribution is -2.30. The number of benzene rings is 1. The number of esters is 1. The molecule has 0 aliphatic rings. The van der Waals surface area contributed by atoms with Gasteiger partial charge in [0.05, 0.1) is 11.5 Å². The molecule has 0 bridgehead atoms. The average Bonchev–Trinajstić information content (AvgIpc) is 2.95. The van der Waals surface area contributed by atoms with E-state index in [0.717, 1.165) is 15.9 Å². The van der Waals surface area contributed by atoms with Crippen LogP contribution in [-0.2, 0) is 9.53 Å². The molecule has 27 heavy (non-hydrogen) atoms. The Balaban J connectivity index is 2.18. The van der Waals surface area contributed by atoms with Gasteiger partial charge in [-0.1, -0.05) is 30.3 Å². The summed E-state index contributed by atoms with van der Waals surface area (Å²) in [6.45, 7) is 5.12. The molecule has 0 fully saturated rings. The molecule has 1 N–H and O–H groups in total. The third-order valence-electron chi connectivity index (χ3n) is 4.03. The topological polar surface area (TPSA) is 98.5 Å². The summed E-state index contributed by atoms with van der Waals surface area (Å²) in [5, 5.41) is 9.92. The van der Waals surface area contributed by atoms with Gasteiger partial charge < -0.3 is 9.84 Å². The highest BCUT2D eigenvalue weighted by Gasteiger charge is 2.27. The van der Waals surface area contributed by atoms with Crippen molar-refractivity contribution in [2.24, 2.45) is 0 Å². The van der Waals surface area contributed by atoms with Crippen LogP contribution in [0.25, 0.3) is 10.2 Å². The van der Waals surface area contributed by atoms with Gasteiger partial charge in [0.15, 0.2) is 6.04 Å². The molecule has 1 aromatic carbocycles. The summed E-state index contributed by atoms with van der Waals surface area (Å²) in [4.78, 5) is 42.1. The average molecular weight is 386 g/mol. The number of rotatable bonds is 5. The molecule has 8 heteroatoms. The van der Waals surface area contributed by atoms with Crippen LogP contribution in [0.2, 0.25) is 0 Å². The number of fused-ring (bicyclic) bond motifs is 1. The summed E-state index contributed by atoms with van der Waals surface area (Å²) >= 11 is 1.07. The predicted molar refractivity (Wildman–Crippen MR) is 101 cm³/mol. The van der Waals surface area contributed by atoms with E-state index in [1.54, 1.807) is 51.1 Å². The Morgan fingerprint density at radius 3 is 2.48 bits per heavy atom. The highest BCUT2D eigenvalue weighted by atomic mass is 32.1. The minimum atomic E-state index is -1.21. The molecule has 1 atom stereocenters. The number of carboxylic acids is 1. The fraction of sp³-hybridized carbons (Fsp3) is 0.263. The van der Waals surface area contributed by atoms with E-state index in [0.29, 0.717) is 20.8 Å². The number of thiophene rings is 1. The Hall–Kier alpha value is -3.00. The van der Waals surface area contributed by atoms with Gasteiger partial charge in [0.2, 0.25) is 0 Å². The molecule has 0 radical (unpaired) electrons. The first kappa shape index (κ1) is 18.8. The van der Waals surface area contributed by atoms with Gasteiger partial charge in [-0.3, -0.25) is 9.36 Å². The van der Waals surface area contributed by atoms with Gasteiger partial charge in [-0.25, -0.2) is 14.6 Å². The molecule has 0 amide bonds. The predicted octanol–water partition coefficient (Wildman–Crippen LogP) is 3.01. The maximum Gasteiger partial charge on any atom is 0.348 e. The first-order valence-electron chi connectivity index (χ1n) is 8.30. The van der Waals surface area contributed by atoms with E-state index >= 15 is 0 Å². The largest absolute Gasteiger partial charge is 0.479 e. The second-order valence-electron chi connectivity index (χ2n) is 6.30. The summed E-state index contributed by atoms with van der Waals surface area (Å²) in [6, 6.07) is 7.25. The molecule has 140 valence electrons. The van der Waals surface area contributed by atoms with E-state index in [1.165, 1.54) is 6.33 Å². The molecule has 2 heterocycles. The minimum absolute atomic E-state index is 0.236. The summed E-state index contributed by atoms with van der Waals surface area (Å²) < 4.78 is 6.29. The lowest BCUT2D eigenvalue weighted by Gasteiger charge is -2.15. The van der Waals surface area contributed by atoms with E-state index in [2.05, 4.69) is 4.98 Å². The SMILES string of the molecule is Cc1c(C(=O)OC(C)C)sc2ncn(C(C(=O)O)c3ccccc3)c(=O)c12. The van der Waals surface area contributed by atoms with E-state index in [1.807, 2.05) is 0 Å². The van der Waals surface area contributed by atoms with Crippen LogP contribution in [0, 0.1) is 6.92 Å². The molecule has 0 spiro atoms. The summed E-state index contributed by atoms with van der Waals surface area (Å²) in [5.41, 5.74) is 0.402. The quantitative estimate of drug-likeness (QED) is 0.677.